The van der Waals surface area contributed by atoms with Gasteiger partial charge in [0.05, 0.1) is 5.54 Å². The topological polar surface area (TPSA) is 55.1 Å². The second-order valence-electron chi connectivity index (χ2n) is 5.74. The fraction of sp³-hybridized carbons (Fsp3) is 0.278. The van der Waals surface area contributed by atoms with Crippen molar-refractivity contribution in [2.45, 2.75) is 32.2 Å². The average Bonchev–Trinajstić information content (AvgIpc) is 2.47. The summed E-state index contributed by atoms with van der Waals surface area (Å²) < 4.78 is 0. The molecule has 0 radical (unpaired) electrons. The Kier molecular flexibility index (Phi) is 4.63. The number of benzene rings is 2. The van der Waals surface area contributed by atoms with Crippen LogP contribution in [0.15, 0.2) is 54.6 Å². The predicted molar refractivity (Wildman–Crippen MR) is 86.8 cm³/mol. The van der Waals surface area contributed by atoms with E-state index in [0.717, 1.165) is 16.8 Å². The van der Waals surface area contributed by atoms with E-state index in [1.165, 1.54) is 0 Å². The highest BCUT2D eigenvalue weighted by molar-refractivity contribution is 5.77. The molecule has 2 aromatic rings. The molecule has 0 unspecified atom stereocenters. The summed E-state index contributed by atoms with van der Waals surface area (Å²) in [7, 11) is 0. The number of carbonyl (C=O) groups is 1. The molecule has 3 N–H and O–H groups in total. The van der Waals surface area contributed by atoms with Crippen LogP contribution in [-0.4, -0.2) is 5.91 Å². The highest BCUT2D eigenvalue weighted by Gasteiger charge is 2.22. The van der Waals surface area contributed by atoms with Crippen LogP contribution in [0.3, 0.4) is 0 Å². The van der Waals surface area contributed by atoms with Crippen molar-refractivity contribution < 1.29 is 4.79 Å². The van der Waals surface area contributed by atoms with Gasteiger partial charge in [-0.15, -0.1) is 0 Å². The van der Waals surface area contributed by atoms with E-state index in [-0.39, 0.29) is 11.4 Å². The number of para-hydroxylation sites is 1. The Morgan fingerprint density at radius 3 is 2.33 bits per heavy atom. The van der Waals surface area contributed by atoms with Gasteiger partial charge in [0.1, 0.15) is 0 Å². The first-order valence-electron chi connectivity index (χ1n) is 7.19. The Balaban J connectivity index is 1.94. The van der Waals surface area contributed by atoms with Gasteiger partial charge in [0.2, 0.25) is 5.91 Å². The number of nitrogen functional groups attached to an aromatic ring is 1. The van der Waals surface area contributed by atoms with Crippen LogP contribution >= 0.6 is 0 Å². The Morgan fingerprint density at radius 2 is 1.67 bits per heavy atom. The van der Waals surface area contributed by atoms with Gasteiger partial charge in [-0.2, -0.15) is 0 Å². The summed E-state index contributed by atoms with van der Waals surface area (Å²) in [6.45, 7) is 4.02. The number of amides is 1. The summed E-state index contributed by atoms with van der Waals surface area (Å²) >= 11 is 0. The second kappa shape index (κ2) is 6.44. The number of hydrogen-bond donors (Lipinski definition) is 2. The maximum Gasteiger partial charge on any atom is 0.221 e. The first-order chi connectivity index (χ1) is 9.99. The summed E-state index contributed by atoms with van der Waals surface area (Å²) in [6, 6.07) is 17.6. The summed E-state index contributed by atoms with van der Waals surface area (Å²) in [5, 5.41) is 3.08. The largest absolute Gasteiger partial charge is 0.399 e. The molecule has 21 heavy (non-hydrogen) atoms. The number of nitrogens with one attached hydrogen (secondary N) is 1. The molecular weight excluding hydrogens is 260 g/mol. The summed E-state index contributed by atoms with van der Waals surface area (Å²) in [5.41, 5.74) is 8.38. The normalized spacial score (nSPS) is 11.1. The first-order valence-corrected chi connectivity index (χ1v) is 7.19. The van der Waals surface area contributed by atoms with Gasteiger partial charge in [-0.3, -0.25) is 4.79 Å². The van der Waals surface area contributed by atoms with Crippen molar-refractivity contribution in [3.05, 3.63) is 65.7 Å². The van der Waals surface area contributed by atoms with Crippen LogP contribution in [0.1, 0.15) is 31.4 Å². The third-order valence-electron chi connectivity index (χ3n) is 3.62. The zero-order valence-corrected chi connectivity index (χ0v) is 12.6. The van der Waals surface area contributed by atoms with E-state index in [4.69, 9.17) is 5.73 Å². The molecule has 0 aliphatic rings. The van der Waals surface area contributed by atoms with E-state index >= 15 is 0 Å². The maximum absolute atomic E-state index is 12.2. The van der Waals surface area contributed by atoms with Gasteiger partial charge in [0.15, 0.2) is 0 Å². The second-order valence-corrected chi connectivity index (χ2v) is 5.74. The predicted octanol–water partition coefficient (Wildman–Crippen LogP) is 3.25. The molecule has 3 nitrogen and oxygen atoms in total. The molecule has 2 rings (SSSR count). The van der Waals surface area contributed by atoms with E-state index < -0.39 is 0 Å². The van der Waals surface area contributed by atoms with Crippen molar-refractivity contribution in [1.82, 2.24) is 5.32 Å². The third-order valence-corrected chi connectivity index (χ3v) is 3.62. The lowest BCUT2D eigenvalue weighted by molar-refractivity contribution is -0.122. The van der Waals surface area contributed by atoms with Crippen LogP contribution < -0.4 is 11.1 Å². The molecule has 0 saturated carbocycles. The minimum Gasteiger partial charge on any atom is -0.399 e. The summed E-state index contributed by atoms with van der Waals surface area (Å²) in [6.07, 6.45) is 1.09. The quantitative estimate of drug-likeness (QED) is 0.827. The first kappa shape index (κ1) is 15.1. The molecule has 3 heteroatoms. The molecule has 0 aromatic heterocycles. The van der Waals surface area contributed by atoms with E-state index in [1.807, 2.05) is 68.4 Å². The van der Waals surface area contributed by atoms with Crippen LogP contribution in [0, 0.1) is 0 Å². The lowest BCUT2D eigenvalue weighted by Gasteiger charge is -2.27. The fourth-order valence-electron chi connectivity index (χ4n) is 2.35. The van der Waals surface area contributed by atoms with E-state index in [0.29, 0.717) is 12.8 Å². The van der Waals surface area contributed by atoms with Gasteiger partial charge >= 0.3 is 0 Å². The molecule has 2 aromatic carbocycles. The standard InChI is InChI=1S/C18H22N2O/c1-18(2,15-9-4-3-5-10-15)20-17(21)13-12-14-8-6-7-11-16(14)19/h3-11H,12-13,19H2,1-2H3,(H,20,21). The highest BCUT2D eigenvalue weighted by Crippen LogP contribution is 2.20. The van der Waals surface area contributed by atoms with Gasteiger partial charge in [-0.05, 0) is 37.5 Å². The van der Waals surface area contributed by atoms with Crippen LogP contribution in [0.4, 0.5) is 5.69 Å². The van der Waals surface area contributed by atoms with Gasteiger partial charge < -0.3 is 11.1 Å². The minimum absolute atomic E-state index is 0.0344. The van der Waals surface area contributed by atoms with Crippen molar-refractivity contribution in [2.24, 2.45) is 0 Å². The monoisotopic (exact) mass is 282 g/mol. The molecule has 1 amide bonds. The maximum atomic E-state index is 12.2. The number of aryl methyl sites for hydroxylation is 1. The van der Waals surface area contributed by atoms with Crippen molar-refractivity contribution in [2.75, 3.05) is 5.73 Å². The van der Waals surface area contributed by atoms with Gasteiger partial charge in [0, 0.05) is 12.1 Å². The Labute approximate surface area is 126 Å². The molecule has 0 aliphatic carbocycles. The van der Waals surface area contributed by atoms with Crippen LogP contribution in [0.5, 0.6) is 0 Å². The molecule has 0 heterocycles. The summed E-state index contributed by atoms with van der Waals surface area (Å²) in [4.78, 5) is 12.2. The van der Waals surface area contributed by atoms with Crippen molar-refractivity contribution in [3.8, 4) is 0 Å². The van der Waals surface area contributed by atoms with Crippen molar-refractivity contribution in [3.63, 3.8) is 0 Å². The average molecular weight is 282 g/mol. The molecule has 110 valence electrons. The van der Waals surface area contributed by atoms with Gasteiger partial charge in [-0.25, -0.2) is 0 Å². The Morgan fingerprint density at radius 1 is 1.05 bits per heavy atom. The van der Waals surface area contributed by atoms with Crippen LogP contribution in [0.2, 0.25) is 0 Å². The van der Waals surface area contributed by atoms with E-state index in [2.05, 4.69) is 5.32 Å². The molecule has 0 bridgehead atoms. The van der Waals surface area contributed by atoms with Crippen LogP contribution in [-0.2, 0) is 16.8 Å². The molecule has 0 atom stereocenters. The van der Waals surface area contributed by atoms with E-state index in [1.54, 1.807) is 0 Å². The Hall–Kier alpha value is -2.29. The number of rotatable bonds is 5. The number of carbonyl (C=O) groups excluding carboxylic acids is 1. The van der Waals surface area contributed by atoms with E-state index in [9.17, 15) is 4.79 Å². The molecule has 0 saturated heterocycles. The number of anilines is 1. The zero-order valence-electron chi connectivity index (χ0n) is 12.6. The minimum atomic E-state index is -0.374. The fourth-order valence-corrected chi connectivity index (χ4v) is 2.35. The van der Waals surface area contributed by atoms with Gasteiger partial charge in [-0.1, -0.05) is 48.5 Å². The Bertz CT molecular complexity index is 606. The smallest absolute Gasteiger partial charge is 0.221 e. The lowest BCUT2D eigenvalue weighted by atomic mass is 9.94. The van der Waals surface area contributed by atoms with Crippen LogP contribution in [0.25, 0.3) is 0 Å². The molecule has 0 fully saturated rings. The zero-order chi connectivity index (χ0) is 15.3. The number of hydrogen-bond acceptors (Lipinski definition) is 2. The SMILES string of the molecule is CC(C)(NC(=O)CCc1ccccc1N)c1ccccc1. The lowest BCUT2D eigenvalue weighted by Crippen LogP contribution is -2.41. The molecule has 0 spiro atoms. The third kappa shape index (κ3) is 4.09. The molecular formula is C18H22N2O. The van der Waals surface area contributed by atoms with Gasteiger partial charge in [0.25, 0.3) is 0 Å². The summed E-state index contributed by atoms with van der Waals surface area (Å²) in [5.74, 6) is 0.0344. The number of nitrogens with two attached hydrogens (primary N) is 1. The van der Waals surface area contributed by atoms with Crippen molar-refractivity contribution in [1.29, 1.82) is 0 Å². The highest BCUT2D eigenvalue weighted by atomic mass is 16.1. The molecule has 0 aliphatic heterocycles. The van der Waals surface area contributed by atoms with Crippen molar-refractivity contribution >= 4 is 11.6 Å².